The molecule has 0 bridgehead atoms. The zero-order valence-corrected chi connectivity index (χ0v) is 11.4. The molecule has 0 fully saturated rings. The molecular formula is C12H18N6O. The number of aromatic nitrogens is 5. The van der Waals surface area contributed by atoms with Gasteiger partial charge in [-0.2, -0.15) is 10.2 Å². The lowest BCUT2D eigenvalue weighted by molar-refractivity contribution is 0.0927. The number of hydrogen-bond donors (Lipinski definition) is 1. The van der Waals surface area contributed by atoms with Gasteiger partial charge in [-0.05, 0) is 19.4 Å². The van der Waals surface area contributed by atoms with Gasteiger partial charge in [-0.25, -0.2) is 9.67 Å². The van der Waals surface area contributed by atoms with E-state index in [-0.39, 0.29) is 11.9 Å². The molecule has 2 rings (SSSR count). The third-order valence-electron chi connectivity index (χ3n) is 2.92. The Balaban J connectivity index is 2.13. The van der Waals surface area contributed by atoms with Crippen LogP contribution >= 0.6 is 0 Å². The quantitative estimate of drug-likeness (QED) is 0.869. The molecule has 0 spiro atoms. The summed E-state index contributed by atoms with van der Waals surface area (Å²) in [6.07, 6.45) is 4.00. The lowest BCUT2D eigenvalue weighted by atomic mass is 10.2. The minimum absolute atomic E-state index is 0.156. The maximum absolute atomic E-state index is 12.1. The highest BCUT2D eigenvalue weighted by atomic mass is 16.2. The Hall–Kier alpha value is -2.18. The van der Waals surface area contributed by atoms with Crippen LogP contribution in [0.4, 0.5) is 0 Å². The second-order valence-corrected chi connectivity index (χ2v) is 4.24. The summed E-state index contributed by atoms with van der Waals surface area (Å²) in [5.74, 6) is 0.576. The topological polar surface area (TPSA) is 77.6 Å². The van der Waals surface area contributed by atoms with Gasteiger partial charge < -0.3 is 5.32 Å². The monoisotopic (exact) mass is 262 g/mol. The van der Waals surface area contributed by atoms with Crippen molar-refractivity contribution in [2.24, 2.45) is 7.05 Å². The molecule has 0 saturated heterocycles. The zero-order chi connectivity index (χ0) is 13.8. The van der Waals surface area contributed by atoms with E-state index >= 15 is 0 Å². The van der Waals surface area contributed by atoms with Crippen LogP contribution in [-0.4, -0.2) is 30.5 Å². The molecule has 102 valence electrons. The van der Waals surface area contributed by atoms with Gasteiger partial charge >= 0.3 is 0 Å². The van der Waals surface area contributed by atoms with Crippen molar-refractivity contribution in [2.75, 3.05) is 0 Å². The Bertz CT molecular complexity index is 558. The normalized spacial score (nSPS) is 12.4. The van der Waals surface area contributed by atoms with Crippen molar-refractivity contribution in [3.05, 3.63) is 30.1 Å². The molecule has 1 N–H and O–H groups in total. The smallest absolute Gasteiger partial charge is 0.272 e. The van der Waals surface area contributed by atoms with E-state index in [4.69, 9.17) is 0 Å². The van der Waals surface area contributed by atoms with Gasteiger partial charge in [0, 0.05) is 19.8 Å². The van der Waals surface area contributed by atoms with Gasteiger partial charge in [0.2, 0.25) is 0 Å². The fourth-order valence-electron chi connectivity index (χ4n) is 1.90. The third-order valence-corrected chi connectivity index (χ3v) is 2.92. The van der Waals surface area contributed by atoms with E-state index in [1.54, 1.807) is 28.7 Å². The van der Waals surface area contributed by atoms with Crippen LogP contribution in [0.3, 0.4) is 0 Å². The van der Waals surface area contributed by atoms with E-state index in [0.29, 0.717) is 5.69 Å². The molecular weight excluding hydrogens is 244 g/mol. The van der Waals surface area contributed by atoms with Crippen molar-refractivity contribution >= 4 is 5.91 Å². The van der Waals surface area contributed by atoms with Crippen LogP contribution in [0.2, 0.25) is 0 Å². The third kappa shape index (κ3) is 2.81. The van der Waals surface area contributed by atoms with E-state index in [1.807, 2.05) is 13.8 Å². The summed E-state index contributed by atoms with van der Waals surface area (Å²) in [6.45, 7) is 4.72. The second kappa shape index (κ2) is 5.64. The fourth-order valence-corrected chi connectivity index (χ4v) is 1.90. The molecule has 0 radical (unpaired) electrons. The van der Waals surface area contributed by atoms with Gasteiger partial charge in [-0.15, -0.1) is 0 Å². The lowest BCUT2D eigenvalue weighted by Gasteiger charge is -2.16. The van der Waals surface area contributed by atoms with Gasteiger partial charge in [0.1, 0.15) is 17.8 Å². The summed E-state index contributed by atoms with van der Waals surface area (Å²) in [7, 11) is 1.78. The predicted molar refractivity (Wildman–Crippen MR) is 69.4 cm³/mol. The SMILES string of the molecule is CC[C@@H](NC(=O)c1ccn(C)n1)c1ncnn1CC. The number of rotatable bonds is 5. The Labute approximate surface area is 111 Å². The molecule has 0 aliphatic rings. The zero-order valence-electron chi connectivity index (χ0n) is 11.4. The van der Waals surface area contributed by atoms with Crippen molar-refractivity contribution in [1.82, 2.24) is 29.9 Å². The van der Waals surface area contributed by atoms with E-state index < -0.39 is 0 Å². The first-order valence-electron chi connectivity index (χ1n) is 6.33. The second-order valence-electron chi connectivity index (χ2n) is 4.24. The first kappa shape index (κ1) is 13.3. The van der Waals surface area contributed by atoms with Crippen LogP contribution in [0.15, 0.2) is 18.6 Å². The molecule has 1 amide bonds. The van der Waals surface area contributed by atoms with E-state index in [1.165, 1.54) is 6.33 Å². The van der Waals surface area contributed by atoms with Crippen LogP contribution in [-0.2, 0) is 13.6 Å². The summed E-state index contributed by atoms with van der Waals surface area (Å²) in [6, 6.07) is 1.53. The molecule has 2 heterocycles. The van der Waals surface area contributed by atoms with Gasteiger partial charge in [0.25, 0.3) is 5.91 Å². The maximum Gasteiger partial charge on any atom is 0.272 e. The minimum Gasteiger partial charge on any atom is -0.341 e. The molecule has 7 nitrogen and oxygen atoms in total. The molecule has 2 aromatic rings. The number of carbonyl (C=O) groups is 1. The lowest BCUT2D eigenvalue weighted by Crippen LogP contribution is -2.30. The van der Waals surface area contributed by atoms with Crippen molar-refractivity contribution in [1.29, 1.82) is 0 Å². The Morgan fingerprint density at radius 2 is 2.26 bits per heavy atom. The molecule has 0 saturated carbocycles. The van der Waals surface area contributed by atoms with Gasteiger partial charge in [-0.3, -0.25) is 9.48 Å². The Kier molecular flexibility index (Phi) is 3.94. The first-order chi connectivity index (χ1) is 9.15. The molecule has 0 unspecified atom stereocenters. The Morgan fingerprint density at radius 1 is 1.47 bits per heavy atom. The number of nitrogens with one attached hydrogen (secondary N) is 1. The summed E-state index contributed by atoms with van der Waals surface area (Å²) in [5.41, 5.74) is 0.406. The Morgan fingerprint density at radius 3 is 2.84 bits per heavy atom. The van der Waals surface area contributed by atoms with E-state index in [2.05, 4.69) is 20.5 Å². The largest absolute Gasteiger partial charge is 0.341 e. The van der Waals surface area contributed by atoms with Crippen LogP contribution in [0.1, 0.15) is 42.6 Å². The van der Waals surface area contributed by atoms with E-state index in [0.717, 1.165) is 18.8 Å². The highest BCUT2D eigenvalue weighted by Crippen LogP contribution is 2.14. The van der Waals surface area contributed by atoms with Gasteiger partial charge in [0.15, 0.2) is 0 Å². The van der Waals surface area contributed by atoms with Gasteiger partial charge in [-0.1, -0.05) is 6.92 Å². The number of nitrogens with zero attached hydrogens (tertiary/aromatic N) is 5. The number of hydrogen-bond acceptors (Lipinski definition) is 4. The molecule has 7 heteroatoms. The average molecular weight is 262 g/mol. The minimum atomic E-state index is -0.196. The molecule has 0 aliphatic carbocycles. The predicted octanol–water partition coefficient (Wildman–Crippen LogP) is 0.913. The average Bonchev–Trinajstić information content (AvgIpc) is 3.03. The van der Waals surface area contributed by atoms with Crippen molar-refractivity contribution < 1.29 is 4.79 Å². The maximum atomic E-state index is 12.1. The first-order valence-corrected chi connectivity index (χ1v) is 6.33. The molecule has 19 heavy (non-hydrogen) atoms. The van der Waals surface area contributed by atoms with Crippen LogP contribution < -0.4 is 5.32 Å². The highest BCUT2D eigenvalue weighted by molar-refractivity contribution is 5.92. The molecule has 2 aromatic heterocycles. The summed E-state index contributed by atoms with van der Waals surface area (Å²) in [4.78, 5) is 16.3. The molecule has 0 aromatic carbocycles. The van der Waals surface area contributed by atoms with Crippen LogP contribution in [0.25, 0.3) is 0 Å². The number of carbonyl (C=O) groups excluding carboxylic acids is 1. The fraction of sp³-hybridized carbons (Fsp3) is 0.500. The molecule has 0 aliphatic heterocycles. The summed E-state index contributed by atoms with van der Waals surface area (Å²) in [5, 5.41) is 11.1. The van der Waals surface area contributed by atoms with Crippen LogP contribution in [0.5, 0.6) is 0 Å². The standard InChI is InChI=1S/C12H18N6O/c1-4-9(11-13-8-14-18(11)5-2)15-12(19)10-6-7-17(3)16-10/h6-9H,4-5H2,1-3H3,(H,15,19)/t9-/m1/s1. The van der Waals surface area contributed by atoms with Gasteiger partial charge in [0.05, 0.1) is 6.04 Å². The van der Waals surface area contributed by atoms with Crippen molar-refractivity contribution in [3.63, 3.8) is 0 Å². The summed E-state index contributed by atoms with van der Waals surface area (Å²) >= 11 is 0. The van der Waals surface area contributed by atoms with Crippen molar-refractivity contribution in [3.8, 4) is 0 Å². The van der Waals surface area contributed by atoms with Crippen molar-refractivity contribution in [2.45, 2.75) is 32.9 Å². The molecule has 1 atom stereocenters. The van der Waals surface area contributed by atoms with Crippen LogP contribution in [0, 0.1) is 0 Å². The number of amides is 1. The number of aryl methyl sites for hydroxylation is 2. The van der Waals surface area contributed by atoms with E-state index in [9.17, 15) is 4.79 Å². The summed E-state index contributed by atoms with van der Waals surface area (Å²) < 4.78 is 3.39. The highest BCUT2D eigenvalue weighted by Gasteiger charge is 2.19.